The number of carbonyl (C=O) groups is 2. The molecule has 0 spiro atoms. The average molecular weight is 189 g/mol. The number of ether oxygens (including phenoxy) is 2. The third-order valence-corrected chi connectivity index (χ3v) is 1.23. The van der Waals surface area contributed by atoms with Gasteiger partial charge in [-0.15, -0.1) is 0 Å². The summed E-state index contributed by atoms with van der Waals surface area (Å²) in [5.74, 6) is -2.94. The molecule has 0 unspecified atom stereocenters. The van der Waals surface area contributed by atoms with E-state index in [1.165, 1.54) is 0 Å². The molecule has 5 heteroatoms. The topological polar surface area (TPSA) is 72.8 Å². The lowest BCUT2D eigenvalue weighted by molar-refractivity contribution is -0.161. The highest BCUT2D eigenvalue weighted by Crippen LogP contribution is 2.05. The number of rotatable bonds is 5. The number of aliphatic hydroxyl groups excluding tert-OH is 1. The van der Waals surface area contributed by atoms with Gasteiger partial charge >= 0.3 is 11.9 Å². The van der Waals surface area contributed by atoms with Gasteiger partial charge in [-0.1, -0.05) is 0 Å². The van der Waals surface area contributed by atoms with Gasteiger partial charge in [-0.2, -0.15) is 0 Å². The van der Waals surface area contributed by atoms with Gasteiger partial charge in [0.25, 0.3) is 0 Å². The summed E-state index contributed by atoms with van der Waals surface area (Å²) < 4.78 is 9.06. The summed E-state index contributed by atoms with van der Waals surface area (Å²) in [6, 6.07) is 0. The van der Waals surface area contributed by atoms with E-state index in [2.05, 4.69) is 9.47 Å². The molecular weight excluding hydrogens is 176 g/mol. The Morgan fingerprint density at radius 1 is 1.23 bits per heavy atom. The van der Waals surface area contributed by atoms with Crippen molar-refractivity contribution in [2.24, 2.45) is 5.92 Å². The Hall–Kier alpha value is -1.10. The minimum Gasteiger partial charge on any atom is -0.465 e. The Morgan fingerprint density at radius 2 is 1.62 bits per heavy atom. The lowest BCUT2D eigenvalue weighted by atomic mass is 10.2. The molecule has 0 atom stereocenters. The second-order valence-corrected chi connectivity index (χ2v) is 2.13. The molecule has 0 fully saturated rings. The van der Waals surface area contributed by atoms with Crippen molar-refractivity contribution in [1.29, 1.82) is 0 Å². The molecule has 0 amide bonds. The van der Waals surface area contributed by atoms with Gasteiger partial charge in [0.05, 0.1) is 13.2 Å². The highest BCUT2D eigenvalue weighted by Gasteiger charge is 2.28. The van der Waals surface area contributed by atoms with Crippen LogP contribution in [0.1, 0.15) is 13.8 Å². The van der Waals surface area contributed by atoms with Gasteiger partial charge in [-0.3, -0.25) is 9.59 Å². The Balaban J connectivity index is 4.15. The Bertz CT molecular complexity index is 159. The van der Waals surface area contributed by atoms with Crippen molar-refractivity contribution in [3.63, 3.8) is 0 Å². The minimum absolute atomic E-state index is 0.155. The van der Waals surface area contributed by atoms with Crippen LogP contribution in [0.15, 0.2) is 0 Å². The molecule has 1 radical (unpaired) electrons. The van der Waals surface area contributed by atoms with Gasteiger partial charge in [-0.25, -0.2) is 0 Å². The smallest absolute Gasteiger partial charge is 0.323 e. The fourth-order valence-electron chi connectivity index (χ4n) is 0.682. The molecule has 0 aromatic rings. The van der Waals surface area contributed by atoms with Gasteiger partial charge in [0.2, 0.25) is 0 Å². The molecule has 75 valence electrons. The first-order chi connectivity index (χ1) is 6.17. The maximum atomic E-state index is 11.0. The van der Waals surface area contributed by atoms with Crippen LogP contribution in [0.5, 0.6) is 0 Å². The molecule has 0 heterocycles. The average Bonchev–Trinajstić information content (AvgIpc) is 2.06. The lowest BCUT2D eigenvalue weighted by Crippen LogP contribution is -2.28. The molecule has 0 aliphatic carbocycles. The first-order valence-corrected chi connectivity index (χ1v) is 3.98. The summed E-state index contributed by atoms with van der Waals surface area (Å²) in [6.07, 6.45) is 0. The molecular formula is C8H13O5. The van der Waals surface area contributed by atoms with Crippen LogP contribution >= 0.6 is 0 Å². The van der Waals surface area contributed by atoms with Crippen molar-refractivity contribution >= 4 is 11.9 Å². The Kier molecular flexibility index (Phi) is 5.88. The largest absolute Gasteiger partial charge is 0.465 e. The van der Waals surface area contributed by atoms with Crippen LogP contribution in [0.3, 0.4) is 0 Å². The third kappa shape index (κ3) is 3.89. The van der Waals surface area contributed by atoms with E-state index in [4.69, 9.17) is 5.11 Å². The van der Waals surface area contributed by atoms with Gasteiger partial charge in [0.15, 0.2) is 5.92 Å². The second-order valence-electron chi connectivity index (χ2n) is 2.13. The van der Waals surface area contributed by atoms with Gasteiger partial charge < -0.3 is 14.6 Å². The fraction of sp³-hybridized carbons (Fsp3) is 0.625. The van der Waals surface area contributed by atoms with Crippen LogP contribution in [-0.4, -0.2) is 30.3 Å². The van der Waals surface area contributed by atoms with Crippen molar-refractivity contribution in [1.82, 2.24) is 0 Å². The normalized spacial score (nSPS) is 9.85. The summed E-state index contributed by atoms with van der Waals surface area (Å²) >= 11 is 0. The molecule has 0 aromatic heterocycles. The van der Waals surface area contributed by atoms with Crippen LogP contribution in [0.2, 0.25) is 0 Å². The number of hydrogen-bond acceptors (Lipinski definition) is 5. The molecule has 0 saturated carbocycles. The van der Waals surface area contributed by atoms with Gasteiger partial charge in [0, 0.05) is 0 Å². The van der Waals surface area contributed by atoms with Crippen molar-refractivity contribution in [3.05, 3.63) is 6.61 Å². The Labute approximate surface area is 76.6 Å². The number of aliphatic hydroxyl groups is 1. The van der Waals surface area contributed by atoms with Crippen LogP contribution in [0.25, 0.3) is 0 Å². The minimum atomic E-state index is -1.33. The van der Waals surface area contributed by atoms with E-state index in [0.717, 1.165) is 0 Å². The third-order valence-electron chi connectivity index (χ3n) is 1.23. The first kappa shape index (κ1) is 11.9. The first-order valence-electron chi connectivity index (χ1n) is 3.98. The molecule has 0 aromatic carbocycles. The van der Waals surface area contributed by atoms with Crippen molar-refractivity contribution in [3.8, 4) is 0 Å². The predicted octanol–water partition coefficient (Wildman–Crippen LogP) is 0.263. The van der Waals surface area contributed by atoms with E-state index in [9.17, 15) is 9.59 Å². The monoisotopic (exact) mass is 189 g/mol. The highest BCUT2D eigenvalue weighted by molar-refractivity contribution is 5.96. The van der Waals surface area contributed by atoms with E-state index >= 15 is 0 Å². The van der Waals surface area contributed by atoms with E-state index in [1.807, 2.05) is 0 Å². The van der Waals surface area contributed by atoms with E-state index in [0.29, 0.717) is 6.61 Å². The van der Waals surface area contributed by atoms with E-state index < -0.39 is 17.9 Å². The fourth-order valence-corrected chi connectivity index (χ4v) is 0.682. The van der Waals surface area contributed by atoms with E-state index in [1.54, 1.807) is 13.8 Å². The molecule has 0 bridgehead atoms. The number of hydrogen-bond donors (Lipinski definition) is 1. The maximum absolute atomic E-state index is 11.0. The molecule has 0 aliphatic heterocycles. The van der Waals surface area contributed by atoms with Crippen molar-refractivity contribution in [2.75, 3.05) is 13.2 Å². The van der Waals surface area contributed by atoms with Crippen LogP contribution in [0, 0.1) is 12.5 Å². The second kappa shape index (κ2) is 6.42. The summed E-state index contributed by atoms with van der Waals surface area (Å²) in [4.78, 5) is 22.0. The van der Waals surface area contributed by atoms with Crippen LogP contribution in [-0.2, 0) is 19.1 Å². The zero-order chi connectivity index (χ0) is 10.3. The number of carbonyl (C=O) groups excluding carboxylic acids is 2. The predicted molar refractivity (Wildman–Crippen MR) is 43.0 cm³/mol. The highest BCUT2D eigenvalue weighted by atomic mass is 16.6. The zero-order valence-corrected chi connectivity index (χ0v) is 7.65. The standard InChI is InChI=1S/C8H13O5/c1-3-12-7(10)6(5-9)8(11)13-4-2/h5-6,9H,3-4H2,1-2H3. The lowest BCUT2D eigenvalue weighted by Gasteiger charge is -2.10. The molecule has 5 nitrogen and oxygen atoms in total. The molecule has 1 N–H and O–H groups in total. The SMILES string of the molecule is CCOC(=O)C([CH]O)C(=O)OCC. The maximum Gasteiger partial charge on any atom is 0.323 e. The molecule has 0 rings (SSSR count). The molecule has 13 heavy (non-hydrogen) atoms. The molecule has 0 saturated heterocycles. The summed E-state index contributed by atoms with van der Waals surface area (Å²) in [6.45, 7) is 4.00. The molecule has 0 aliphatic rings. The van der Waals surface area contributed by atoms with Crippen molar-refractivity contribution in [2.45, 2.75) is 13.8 Å². The van der Waals surface area contributed by atoms with Crippen molar-refractivity contribution < 1.29 is 24.2 Å². The quantitative estimate of drug-likeness (QED) is 0.496. The Morgan fingerprint density at radius 3 is 1.85 bits per heavy atom. The zero-order valence-electron chi connectivity index (χ0n) is 7.65. The number of esters is 2. The summed E-state index contributed by atoms with van der Waals surface area (Å²) in [5, 5.41) is 8.59. The summed E-state index contributed by atoms with van der Waals surface area (Å²) in [7, 11) is 0. The van der Waals surface area contributed by atoms with E-state index in [-0.39, 0.29) is 13.2 Å². The van der Waals surface area contributed by atoms with Gasteiger partial charge in [0.1, 0.15) is 6.61 Å². The van der Waals surface area contributed by atoms with Gasteiger partial charge in [-0.05, 0) is 13.8 Å². The van der Waals surface area contributed by atoms with Crippen LogP contribution in [0.4, 0.5) is 0 Å². The van der Waals surface area contributed by atoms with Crippen LogP contribution < -0.4 is 0 Å². The summed E-state index contributed by atoms with van der Waals surface area (Å²) in [5.41, 5.74) is 0.